The van der Waals surface area contributed by atoms with Gasteiger partial charge in [0.15, 0.2) is 0 Å². The lowest BCUT2D eigenvalue weighted by atomic mass is 10.0. The summed E-state index contributed by atoms with van der Waals surface area (Å²) in [5.74, 6) is 0.501. The topological polar surface area (TPSA) is 76.7 Å². The molecule has 28 heavy (non-hydrogen) atoms. The Hall–Kier alpha value is -3.02. The van der Waals surface area contributed by atoms with E-state index in [4.69, 9.17) is 9.47 Å². The van der Waals surface area contributed by atoms with Gasteiger partial charge in [-0.05, 0) is 51.5 Å². The molecular weight excluding hydrogens is 356 g/mol. The van der Waals surface area contributed by atoms with Crippen LogP contribution in [0.25, 0.3) is 0 Å². The number of rotatable bonds is 6. The highest BCUT2D eigenvalue weighted by molar-refractivity contribution is 5.96. The van der Waals surface area contributed by atoms with Crippen molar-refractivity contribution in [2.75, 3.05) is 12.4 Å². The summed E-state index contributed by atoms with van der Waals surface area (Å²) in [7, 11) is 1.61. The average molecular weight is 384 g/mol. The van der Waals surface area contributed by atoms with Crippen molar-refractivity contribution in [3.05, 3.63) is 59.7 Å². The minimum absolute atomic E-state index is 0.189. The molecule has 6 nitrogen and oxygen atoms in total. The number of carbonyl (C=O) groups excluding carboxylic acids is 2. The zero-order valence-corrected chi connectivity index (χ0v) is 17.0. The normalized spacial score (nSPS) is 12.0. The molecule has 0 fully saturated rings. The van der Waals surface area contributed by atoms with E-state index in [1.54, 1.807) is 52.1 Å². The van der Waals surface area contributed by atoms with Gasteiger partial charge in [0, 0.05) is 16.8 Å². The van der Waals surface area contributed by atoms with Gasteiger partial charge in [0.2, 0.25) is 0 Å². The maximum atomic E-state index is 12.8. The van der Waals surface area contributed by atoms with Crippen LogP contribution in [0.15, 0.2) is 48.5 Å². The molecule has 150 valence electrons. The fourth-order valence-corrected chi connectivity index (χ4v) is 2.76. The molecule has 2 N–H and O–H groups in total. The Balaban J connectivity index is 2.12. The summed E-state index contributed by atoms with van der Waals surface area (Å²) in [6, 6.07) is 14.2. The molecule has 1 unspecified atom stereocenters. The van der Waals surface area contributed by atoms with E-state index in [2.05, 4.69) is 10.6 Å². The molecule has 0 aromatic heterocycles. The molecule has 0 saturated carbocycles. The van der Waals surface area contributed by atoms with E-state index in [0.29, 0.717) is 17.7 Å². The first-order chi connectivity index (χ1) is 13.2. The molecule has 0 aliphatic carbocycles. The molecule has 2 aromatic carbocycles. The highest BCUT2D eigenvalue weighted by Crippen LogP contribution is 2.27. The van der Waals surface area contributed by atoms with Crippen LogP contribution in [0.3, 0.4) is 0 Å². The van der Waals surface area contributed by atoms with Gasteiger partial charge in [-0.25, -0.2) is 4.79 Å². The predicted molar refractivity (Wildman–Crippen MR) is 110 cm³/mol. The van der Waals surface area contributed by atoms with Gasteiger partial charge >= 0.3 is 6.09 Å². The lowest BCUT2D eigenvalue weighted by Gasteiger charge is -2.21. The van der Waals surface area contributed by atoms with E-state index < -0.39 is 11.7 Å². The maximum Gasteiger partial charge on any atom is 0.412 e. The fraction of sp³-hybridized carbons (Fsp3) is 0.364. The molecule has 0 aliphatic rings. The summed E-state index contributed by atoms with van der Waals surface area (Å²) in [6.07, 6.45) is 0.146. The van der Waals surface area contributed by atoms with Crippen molar-refractivity contribution in [3.63, 3.8) is 0 Å². The summed E-state index contributed by atoms with van der Waals surface area (Å²) in [4.78, 5) is 24.7. The number of benzene rings is 2. The summed E-state index contributed by atoms with van der Waals surface area (Å²) < 4.78 is 10.6. The first-order valence-electron chi connectivity index (χ1n) is 9.27. The van der Waals surface area contributed by atoms with E-state index in [-0.39, 0.29) is 11.9 Å². The number of anilines is 1. The SMILES string of the molecule is CCC(NC(=O)c1cccc(NC(=O)OC(C)(C)C)c1)c1ccccc1OC. The van der Waals surface area contributed by atoms with E-state index in [9.17, 15) is 9.59 Å². The number of hydrogen-bond acceptors (Lipinski definition) is 4. The molecule has 0 saturated heterocycles. The highest BCUT2D eigenvalue weighted by atomic mass is 16.6. The second-order valence-corrected chi connectivity index (χ2v) is 7.38. The largest absolute Gasteiger partial charge is 0.496 e. The zero-order chi connectivity index (χ0) is 20.7. The van der Waals surface area contributed by atoms with Crippen LogP contribution in [0.5, 0.6) is 5.75 Å². The van der Waals surface area contributed by atoms with Crippen molar-refractivity contribution in [1.82, 2.24) is 5.32 Å². The molecule has 0 bridgehead atoms. The van der Waals surface area contributed by atoms with Crippen molar-refractivity contribution in [1.29, 1.82) is 0 Å². The molecule has 2 rings (SSSR count). The Morgan fingerprint density at radius 2 is 1.79 bits per heavy atom. The molecular formula is C22H28N2O4. The van der Waals surface area contributed by atoms with Crippen molar-refractivity contribution >= 4 is 17.7 Å². The number of hydrogen-bond donors (Lipinski definition) is 2. The van der Waals surface area contributed by atoms with Crippen LogP contribution < -0.4 is 15.4 Å². The monoisotopic (exact) mass is 384 g/mol. The molecule has 6 heteroatoms. The zero-order valence-electron chi connectivity index (χ0n) is 17.0. The Morgan fingerprint density at radius 3 is 2.43 bits per heavy atom. The molecule has 2 aromatic rings. The summed E-state index contributed by atoms with van der Waals surface area (Å²) in [5, 5.41) is 5.68. The van der Waals surface area contributed by atoms with Crippen LogP contribution in [0.1, 0.15) is 56.1 Å². The molecule has 0 heterocycles. The summed E-state index contributed by atoms with van der Waals surface area (Å²) in [5.41, 5.74) is 1.26. The molecule has 0 aliphatic heterocycles. The van der Waals surface area contributed by atoms with Gasteiger partial charge in [0.25, 0.3) is 5.91 Å². The van der Waals surface area contributed by atoms with Crippen molar-refractivity contribution in [3.8, 4) is 5.75 Å². The van der Waals surface area contributed by atoms with Gasteiger partial charge in [-0.15, -0.1) is 0 Å². The van der Waals surface area contributed by atoms with Crippen LogP contribution in [-0.4, -0.2) is 24.7 Å². The van der Waals surface area contributed by atoms with Crippen LogP contribution in [0, 0.1) is 0 Å². The predicted octanol–water partition coefficient (Wildman–Crippen LogP) is 4.92. The van der Waals surface area contributed by atoms with Crippen LogP contribution in [0.2, 0.25) is 0 Å². The molecule has 2 amide bonds. The highest BCUT2D eigenvalue weighted by Gasteiger charge is 2.19. The second-order valence-electron chi connectivity index (χ2n) is 7.38. The van der Waals surface area contributed by atoms with Crippen LogP contribution in [0.4, 0.5) is 10.5 Å². The third kappa shape index (κ3) is 6.01. The van der Waals surface area contributed by atoms with Crippen molar-refractivity contribution < 1.29 is 19.1 Å². The van der Waals surface area contributed by atoms with Crippen LogP contribution >= 0.6 is 0 Å². The smallest absolute Gasteiger partial charge is 0.412 e. The van der Waals surface area contributed by atoms with E-state index in [0.717, 1.165) is 11.3 Å². The van der Waals surface area contributed by atoms with Crippen molar-refractivity contribution in [2.45, 2.75) is 45.8 Å². The summed E-state index contributed by atoms with van der Waals surface area (Å²) >= 11 is 0. The Bertz CT molecular complexity index is 827. The van der Waals surface area contributed by atoms with Gasteiger partial charge in [-0.3, -0.25) is 10.1 Å². The number of ether oxygens (including phenoxy) is 2. The number of methoxy groups -OCH3 is 1. The van der Waals surface area contributed by atoms with Gasteiger partial charge in [0.1, 0.15) is 11.4 Å². The van der Waals surface area contributed by atoms with Gasteiger partial charge in [0.05, 0.1) is 13.2 Å². The lowest BCUT2D eigenvalue weighted by Crippen LogP contribution is -2.29. The number of amides is 2. The third-order valence-electron chi connectivity index (χ3n) is 4.00. The lowest BCUT2D eigenvalue weighted by molar-refractivity contribution is 0.0635. The Morgan fingerprint density at radius 1 is 1.07 bits per heavy atom. The third-order valence-corrected chi connectivity index (χ3v) is 4.00. The Labute approximate surface area is 166 Å². The van der Waals surface area contributed by atoms with Crippen LogP contribution in [-0.2, 0) is 4.74 Å². The first kappa shape index (κ1) is 21.3. The second kappa shape index (κ2) is 9.26. The number of carbonyl (C=O) groups is 2. The fourth-order valence-electron chi connectivity index (χ4n) is 2.76. The van der Waals surface area contributed by atoms with Gasteiger partial charge < -0.3 is 14.8 Å². The van der Waals surface area contributed by atoms with E-state index in [1.165, 1.54) is 0 Å². The molecule has 0 spiro atoms. The first-order valence-corrected chi connectivity index (χ1v) is 9.27. The molecule has 1 atom stereocenters. The Kier molecular flexibility index (Phi) is 7.04. The average Bonchev–Trinajstić information content (AvgIpc) is 2.64. The molecule has 0 radical (unpaired) electrons. The maximum absolute atomic E-state index is 12.8. The van der Waals surface area contributed by atoms with E-state index in [1.807, 2.05) is 31.2 Å². The van der Waals surface area contributed by atoms with Gasteiger partial charge in [-0.2, -0.15) is 0 Å². The minimum Gasteiger partial charge on any atom is -0.496 e. The van der Waals surface area contributed by atoms with E-state index >= 15 is 0 Å². The van der Waals surface area contributed by atoms with Crippen molar-refractivity contribution in [2.24, 2.45) is 0 Å². The standard InChI is InChI=1S/C22H28N2O4/c1-6-18(17-12-7-8-13-19(17)27-5)24-20(25)15-10-9-11-16(14-15)23-21(26)28-22(2,3)4/h7-14,18H,6H2,1-5H3,(H,23,26)(H,24,25). The minimum atomic E-state index is -0.595. The summed E-state index contributed by atoms with van der Waals surface area (Å²) in [6.45, 7) is 7.37. The quantitative estimate of drug-likeness (QED) is 0.741. The van der Waals surface area contributed by atoms with Gasteiger partial charge in [-0.1, -0.05) is 31.2 Å². The number of nitrogens with one attached hydrogen (secondary N) is 2. The number of para-hydroxylation sites is 1.